The van der Waals surface area contributed by atoms with Crippen LogP contribution in [0.15, 0.2) is 9.95 Å². The fraction of sp³-hybridized carbons (Fsp3) is 0.846. The summed E-state index contributed by atoms with van der Waals surface area (Å²) >= 11 is 1.74. The van der Waals surface area contributed by atoms with Gasteiger partial charge in [-0.2, -0.15) is 0 Å². The smallest absolute Gasteiger partial charge is 0.316 e. The Bertz CT molecular complexity index is 454. The first kappa shape index (κ1) is 14.7. The Hall–Kier alpha value is -0.750. The summed E-state index contributed by atoms with van der Waals surface area (Å²) in [4.78, 5) is 11.8. The number of rotatable bonds is 4. The Labute approximate surface area is 118 Å². The minimum absolute atomic E-state index is 0.105. The van der Waals surface area contributed by atoms with Gasteiger partial charge in [0.1, 0.15) is 0 Å². The molecule has 1 saturated carbocycles. The molecule has 0 spiro atoms. The predicted molar refractivity (Wildman–Crippen MR) is 78.8 cm³/mol. The second-order valence-corrected chi connectivity index (χ2v) is 6.67. The number of nitrogens with zero attached hydrogens (tertiary/aromatic N) is 2. The molecule has 2 N–H and O–H groups in total. The van der Waals surface area contributed by atoms with Gasteiger partial charge in [-0.1, -0.05) is 31.0 Å². The van der Waals surface area contributed by atoms with E-state index in [2.05, 4.69) is 15.5 Å². The quantitative estimate of drug-likeness (QED) is 0.832. The van der Waals surface area contributed by atoms with Crippen molar-refractivity contribution in [3.05, 3.63) is 10.5 Å². The molecule has 0 saturated heterocycles. The van der Waals surface area contributed by atoms with Crippen molar-refractivity contribution in [2.75, 3.05) is 7.05 Å². The van der Waals surface area contributed by atoms with Gasteiger partial charge in [0.25, 0.3) is 0 Å². The highest BCUT2D eigenvalue weighted by Crippen LogP contribution is 2.32. The molecule has 108 valence electrons. The summed E-state index contributed by atoms with van der Waals surface area (Å²) in [5.41, 5.74) is -0.105. The normalized spacial score (nSPS) is 24.6. The Morgan fingerprint density at radius 2 is 2.11 bits per heavy atom. The highest BCUT2D eigenvalue weighted by Gasteiger charge is 2.26. The lowest BCUT2D eigenvalue weighted by molar-refractivity contribution is 0.502. The van der Waals surface area contributed by atoms with Crippen LogP contribution < -0.4 is 11.0 Å². The van der Waals surface area contributed by atoms with Gasteiger partial charge in [0.05, 0.1) is 0 Å². The van der Waals surface area contributed by atoms with Crippen LogP contribution in [0.3, 0.4) is 0 Å². The highest BCUT2D eigenvalue weighted by molar-refractivity contribution is 7.99. The van der Waals surface area contributed by atoms with E-state index < -0.39 is 0 Å². The first-order chi connectivity index (χ1) is 9.13. The molecule has 0 bridgehead atoms. The van der Waals surface area contributed by atoms with E-state index in [-0.39, 0.29) is 11.7 Å². The molecule has 2 rings (SSSR count). The molecule has 0 radical (unpaired) electrons. The summed E-state index contributed by atoms with van der Waals surface area (Å²) in [5.74, 6) is 0. The lowest BCUT2D eigenvalue weighted by Crippen LogP contribution is -2.35. The molecule has 6 heteroatoms. The minimum atomic E-state index is -0.105. The molecule has 0 aromatic carbocycles. The summed E-state index contributed by atoms with van der Waals surface area (Å²) in [6.07, 6.45) is 6.28. The van der Waals surface area contributed by atoms with Gasteiger partial charge in [0.2, 0.25) is 0 Å². The Morgan fingerprint density at radius 1 is 1.37 bits per heavy atom. The van der Waals surface area contributed by atoms with Crippen LogP contribution in [0.25, 0.3) is 0 Å². The lowest BCUT2D eigenvalue weighted by atomic mass is 10.1. The number of aromatic amines is 1. The number of thioether (sulfide) groups is 1. The van der Waals surface area contributed by atoms with E-state index in [9.17, 15) is 4.79 Å². The molecule has 1 aromatic heterocycles. The highest BCUT2D eigenvalue weighted by atomic mass is 32.2. The van der Waals surface area contributed by atoms with Gasteiger partial charge in [0, 0.05) is 17.3 Å². The maximum atomic E-state index is 11.8. The van der Waals surface area contributed by atoms with Crippen LogP contribution >= 0.6 is 11.8 Å². The fourth-order valence-corrected chi connectivity index (χ4v) is 4.21. The van der Waals surface area contributed by atoms with Gasteiger partial charge in [0.15, 0.2) is 5.16 Å². The molecule has 1 fully saturated rings. The van der Waals surface area contributed by atoms with E-state index in [0.717, 1.165) is 5.16 Å². The molecule has 5 nitrogen and oxygen atoms in total. The standard InChI is InChI=1S/C13H24N4OS/c1-9(2)17-12(18)15-16-13(17)19-11-8-6-4-5-7-10(11)14-3/h9-11,14H,4-8H2,1-3H3,(H,15,18). The molecule has 0 aliphatic heterocycles. The zero-order chi connectivity index (χ0) is 13.8. The number of H-pyrrole nitrogens is 1. The zero-order valence-electron chi connectivity index (χ0n) is 12.0. The Morgan fingerprint density at radius 3 is 2.79 bits per heavy atom. The molecule has 1 aliphatic carbocycles. The van der Waals surface area contributed by atoms with Crippen molar-refractivity contribution < 1.29 is 0 Å². The summed E-state index contributed by atoms with van der Waals surface area (Å²) < 4.78 is 1.75. The zero-order valence-corrected chi connectivity index (χ0v) is 12.8. The van der Waals surface area contributed by atoms with Gasteiger partial charge in [-0.3, -0.25) is 4.57 Å². The van der Waals surface area contributed by atoms with E-state index in [4.69, 9.17) is 0 Å². The van der Waals surface area contributed by atoms with Crippen molar-refractivity contribution in [3.8, 4) is 0 Å². The SMILES string of the molecule is CNC1CCCCCC1Sc1n[nH]c(=O)n1C(C)C. The summed E-state index contributed by atoms with van der Waals surface area (Å²) in [6, 6.07) is 0.660. The third kappa shape index (κ3) is 3.42. The van der Waals surface area contributed by atoms with Crippen LogP contribution in [0.4, 0.5) is 0 Å². The van der Waals surface area contributed by atoms with Gasteiger partial charge < -0.3 is 5.32 Å². The first-order valence-electron chi connectivity index (χ1n) is 7.14. The topological polar surface area (TPSA) is 62.7 Å². The number of nitrogens with one attached hydrogen (secondary N) is 2. The number of hydrogen-bond donors (Lipinski definition) is 2. The number of aromatic nitrogens is 3. The van der Waals surface area contributed by atoms with Crippen molar-refractivity contribution in [2.24, 2.45) is 0 Å². The van der Waals surface area contributed by atoms with Crippen molar-refractivity contribution in [1.82, 2.24) is 20.1 Å². The largest absolute Gasteiger partial charge is 0.344 e. The Balaban J connectivity index is 2.16. The molecule has 2 atom stereocenters. The average Bonchev–Trinajstić information content (AvgIpc) is 2.60. The van der Waals surface area contributed by atoms with Crippen LogP contribution in [0.1, 0.15) is 52.0 Å². The average molecular weight is 284 g/mol. The summed E-state index contributed by atoms with van der Waals surface area (Å²) in [6.45, 7) is 4.03. The van der Waals surface area contributed by atoms with Crippen LogP contribution in [-0.2, 0) is 0 Å². The van der Waals surface area contributed by atoms with Crippen molar-refractivity contribution in [3.63, 3.8) is 0 Å². The van der Waals surface area contributed by atoms with E-state index in [1.807, 2.05) is 20.9 Å². The van der Waals surface area contributed by atoms with E-state index in [1.165, 1.54) is 32.1 Å². The second-order valence-electron chi connectivity index (χ2n) is 5.46. The molecule has 2 unspecified atom stereocenters. The maximum absolute atomic E-state index is 11.8. The van der Waals surface area contributed by atoms with Gasteiger partial charge in [-0.25, -0.2) is 9.89 Å². The predicted octanol–water partition coefficient (Wildman–Crippen LogP) is 2.17. The van der Waals surface area contributed by atoms with Crippen LogP contribution in [0.2, 0.25) is 0 Å². The number of hydrogen-bond acceptors (Lipinski definition) is 4. The van der Waals surface area contributed by atoms with E-state index in [1.54, 1.807) is 16.3 Å². The fourth-order valence-electron chi connectivity index (χ4n) is 2.71. The van der Waals surface area contributed by atoms with E-state index in [0.29, 0.717) is 11.3 Å². The van der Waals surface area contributed by atoms with Crippen molar-refractivity contribution in [1.29, 1.82) is 0 Å². The molecule has 1 heterocycles. The molecule has 0 amide bonds. The first-order valence-corrected chi connectivity index (χ1v) is 8.02. The van der Waals surface area contributed by atoms with Crippen molar-refractivity contribution in [2.45, 2.75) is 68.4 Å². The van der Waals surface area contributed by atoms with E-state index >= 15 is 0 Å². The van der Waals surface area contributed by atoms with Gasteiger partial charge >= 0.3 is 5.69 Å². The van der Waals surface area contributed by atoms with Crippen LogP contribution in [0, 0.1) is 0 Å². The summed E-state index contributed by atoms with van der Waals surface area (Å²) in [7, 11) is 2.03. The molecule has 1 aromatic rings. The third-order valence-electron chi connectivity index (χ3n) is 3.77. The van der Waals surface area contributed by atoms with Crippen molar-refractivity contribution >= 4 is 11.8 Å². The Kier molecular flexibility index (Phi) is 5.10. The monoisotopic (exact) mass is 284 g/mol. The van der Waals surface area contributed by atoms with Gasteiger partial charge in [-0.05, 0) is 33.7 Å². The third-order valence-corrected chi connectivity index (χ3v) is 5.13. The van der Waals surface area contributed by atoms with Crippen LogP contribution in [0.5, 0.6) is 0 Å². The molecular weight excluding hydrogens is 260 g/mol. The van der Waals surface area contributed by atoms with Gasteiger partial charge in [-0.15, -0.1) is 5.10 Å². The second kappa shape index (κ2) is 6.61. The molecule has 1 aliphatic rings. The van der Waals surface area contributed by atoms with Crippen LogP contribution in [-0.4, -0.2) is 33.1 Å². The lowest BCUT2D eigenvalue weighted by Gasteiger charge is -2.24. The summed E-state index contributed by atoms with van der Waals surface area (Å²) in [5, 5.41) is 11.5. The molecular formula is C13H24N4OS. The minimum Gasteiger partial charge on any atom is -0.316 e. The maximum Gasteiger partial charge on any atom is 0.344 e. The molecule has 19 heavy (non-hydrogen) atoms.